The molecule has 1 aliphatic heterocycles. The molecule has 0 saturated carbocycles. The number of pyridine rings is 1. The lowest BCUT2D eigenvalue weighted by atomic mass is 10.0. The molecule has 29 heavy (non-hydrogen) atoms. The van der Waals surface area contributed by atoms with Crippen LogP contribution in [0.1, 0.15) is 22.0 Å². The zero-order valence-electron chi connectivity index (χ0n) is 15.4. The summed E-state index contributed by atoms with van der Waals surface area (Å²) < 4.78 is 19.9. The van der Waals surface area contributed by atoms with Gasteiger partial charge < -0.3 is 14.6 Å². The molecule has 1 fully saturated rings. The van der Waals surface area contributed by atoms with Gasteiger partial charge in [0.05, 0.1) is 36.7 Å². The summed E-state index contributed by atoms with van der Waals surface area (Å²) in [5.41, 5.74) is 3.20. The minimum atomic E-state index is -0.472. The summed E-state index contributed by atoms with van der Waals surface area (Å²) in [6.07, 6.45) is 5.11. The van der Waals surface area contributed by atoms with Crippen LogP contribution in [-0.4, -0.2) is 50.7 Å². The summed E-state index contributed by atoms with van der Waals surface area (Å²) in [5, 5.41) is 7.43. The molecule has 0 spiro atoms. The average molecular weight is 391 g/mol. The summed E-state index contributed by atoms with van der Waals surface area (Å²) in [7, 11) is 0. The van der Waals surface area contributed by atoms with E-state index in [1.807, 2.05) is 12.1 Å². The maximum absolute atomic E-state index is 14.4. The van der Waals surface area contributed by atoms with E-state index in [1.54, 1.807) is 41.7 Å². The van der Waals surface area contributed by atoms with Crippen LogP contribution in [0.4, 0.5) is 4.39 Å². The highest BCUT2D eigenvalue weighted by Crippen LogP contribution is 2.30. The number of morpholine rings is 1. The van der Waals surface area contributed by atoms with Crippen LogP contribution in [0.2, 0.25) is 0 Å². The molecule has 7 nitrogen and oxygen atoms in total. The monoisotopic (exact) mass is 391 g/mol. The van der Waals surface area contributed by atoms with Crippen molar-refractivity contribution >= 4 is 16.9 Å². The highest BCUT2D eigenvalue weighted by atomic mass is 19.1. The second-order valence-corrected chi connectivity index (χ2v) is 6.89. The lowest BCUT2D eigenvalue weighted by Gasteiger charge is -2.36. The highest BCUT2D eigenvalue weighted by molar-refractivity contribution is 6.06. The average Bonchev–Trinajstić information content (AvgIpc) is 3.43. The minimum Gasteiger partial charge on any atom is -0.377 e. The molecule has 5 rings (SSSR count). The first-order valence-corrected chi connectivity index (χ1v) is 9.33. The third-order valence-electron chi connectivity index (χ3n) is 5.22. The van der Waals surface area contributed by atoms with Gasteiger partial charge in [-0.15, -0.1) is 0 Å². The fourth-order valence-electron chi connectivity index (χ4n) is 3.74. The van der Waals surface area contributed by atoms with Crippen molar-refractivity contribution in [3.8, 4) is 11.3 Å². The van der Waals surface area contributed by atoms with Crippen LogP contribution in [0, 0.1) is 5.82 Å². The molecule has 1 saturated heterocycles. The number of amides is 1. The third kappa shape index (κ3) is 3.07. The number of rotatable bonds is 3. The molecule has 4 aromatic rings. The number of ether oxygens (including phenoxy) is 1. The van der Waals surface area contributed by atoms with Gasteiger partial charge in [-0.3, -0.25) is 9.89 Å². The Morgan fingerprint density at radius 2 is 2.10 bits per heavy atom. The number of benzene rings is 1. The van der Waals surface area contributed by atoms with Crippen LogP contribution >= 0.6 is 0 Å². The van der Waals surface area contributed by atoms with E-state index in [0.29, 0.717) is 29.9 Å². The summed E-state index contributed by atoms with van der Waals surface area (Å²) in [6, 6.07) is 9.75. The lowest BCUT2D eigenvalue weighted by Crippen LogP contribution is -2.43. The van der Waals surface area contributed by atoms with E-state index in [4.69, 9.17) is 4.74 Å². The first-order valence-electron chi connectivity index (χ1n) is 9.33. The number of hydrogen-bond acceptors (Lipinski definition) is 4. The van der Waals surface area contributed by atoms with Gasteiger partial charge >= 0.3 is 0 Å². The van der Waals surface area contributed by atoms with Crippen LogP contribution < -0.4 is 0 Å². The number of aromatic nitrogens is 4. The summed E-state index contributed by atoms with van der Waals surface area (Å²) in [6.45, 7) is 1.07. The van der Waals surface area contributed by atoms with Crippen molar-refractivity contribution in [2.75, 3.05) is 19.8 Å². The predicted molar refractivity (Wildman–Crippen MR) is 105 cm³/mol. The Morgan fingerprint density at radius 1 is 1.21 bits per heavy atom. The van der Waals surface area contributed by atoms with Crippen molar-refractivity contribution in [2.45, 2.75) is 6.04 Å². The van der Waals surface area contributed by atoms with E-state index in [2.05, 4.69) is 20.2 Å². The maximum atomic E-state index is 14.4. The third-order valence-corrected chi connectivity index (χ3v) is 5.22. The van der Waals surface area contributed by atoms with Crippen LogP contribution in [-0.2, 0) is 4.74 Å². The molecule has 1 amide bonds. The number of carbonyl (C=O) groups excluding carboxylic acids is 1. The normalized spacial score (nSPS) is 17.0. The Morgan fingerprint density at radius 3 is 2.93 bits per heavy atom. The molecule has 0 aliphatic carbocycles. The van der Waals surface area contributed by atoms with E-state index in [9.17, 15) is 9.18 Å². The number of nitrogens with one attached hydrogen (secondary N) is 2. The number of carbonyl (C=O) groups is 1. The van der Waals surface area contributed by atoms with E-state index < -0.39 is 6.04 Å². The number of fused-ring (bicyclic) bond motifs is 1. The van der Waals surface area contributed by atoms with E-state index in [0.717, 1.165) is 16.6 Å². The van der Waals surface area contributed by atoms with Crippen LogP contribution in [0.25, 0.3) is 22.3 Å². The first kappa shape index (κ1) is 17.6. The van der Waals surface area contributed by atoms with Gasteiger partial charge in [0, 0.05) is 35.5 Å². The number of halogens is 1. The van der Waals surface area contributed by atoms with Gasteiger partial charge in [0.15, 0.2) is 0 Å². The predicted octanol–water partition coefficient (Wildman–Crippen LogP) is 3.31. The molecule has 1 aromatic carbocycles. The Bertz CT molecular complexity index is 1170. The largest absolute Gasteiger partial charge is 0.377 e. The standard InChI is InChI=1S/C21H18FN5O2/c22-17-4-2-1-3-15(17)19-12-29-8-7-27(19)21(28)16-11-23-20-14(16)5-6-18(26-20)13-9-24-25-10-13/h1-6,9-11,19H,7-8,12H2,(H,23,26)(H,24,25). The molecule has 0 bridgehead atoms. The van der Waals surface area contributed by atoms with E-state index in [-0.39, 0.29) is 18.3 Å². The minimum absolute atomic E-state index is 0.175. The molecular weight excluding hydrogens is 373 g/mol. The lowest BCUT2D eigenvalue weighted by molar-refractivity contribution is -0.00352. The van der Waals surface area contributed by atoms with Gasteiger partial charge in [-0.25, -0.2) is 9.37 Å². The van der Waals surface area contributed by atoms with Crippen molar-refractivity contribution in [2.24, 2.45) is 0 Å². The zero-order valence-corrected chi connectivity index (χ0v) is 15.4. The Kier molecular flexibility index (Phi) is 4.33. The van der Waals surface area contributed by atoms with Gasteiger partial charge in [0.25, 0.3) is 5.91 Å². The Hall–Kier alpha value is -3.52. The second-order valence-electron chi connectivity index (χ2n) is 6.89. The molecule has 1 atom stereocenters. The van der Waals surface area contributed by atoms with Crippen LogP contribution in [0.15, 0.2) is 55.0 Å². The summed E-state index contributed by atoms with van der Waals surface area (Å²) in [5.74, 6) is -0.517. The topological polar surface area (TPSA) is 86.9 Å². The number of H-pyrrole nitrogens is 2. The van der Waals surface area contributed by atoms with Gasteiger partial charge in [0.1, 0.15) is 11.5 Å². The van der Waals surface area contributed by atoms with E-state index in [1.165, 1.54) is 6.07 Å². The second kappa shape index (κ2) is 7.14. The van der Waals surface area contributed by atoms with Gasteiger partial charge in [-0.1, -0.05) is 18.2 Å². The molecule has 146 valence electrons. The Labute approximate surface area is 165 Å². The molecule has 1 unspecified atom stereocenters. The molecule has 0 radical (unpaired) electrons. The molecule has 3 aromatic heterocycles. The molecular formula is C21H18FN5O2. The SMILES string of the molecule is O=C(c1c[nH]c2nc(-c3cn[nH]c3)ccc12)N1CCOCC1c1ccccc1F. The van der Waals surface area contributed by atoms with Crippen LogP contribution in [0.3, 0.4) is 0 Å². The van der Waals surface area contributed by atoms with Crippen molar-refractivity contribution in [1.82, 2.24) is 25.1 Å². The van der Waals surface area contributed by atoms with Crippen molar-refractivity contribution in [3.05, 3.63) is 71.9 Å². The summed E-state index contributed by atoms with van der Waals surface area (Å²) in [4.78, 5) is 22.7. The Balaban J connectivity index is 1.50. The quantitative estimate of drug-likeness (QED) is 0.561. The fourth-order valence-corrected chi connectivity index (χ4v) is 3.74. The van der Waals surface area contributed by atoms with Gasteiger partial charge in [-0.05, 0) is 18.2 Å². The molecule has 4 heterocycles. The van der Waals surface area contributed by atoms with Crippen molar-refractivity contribution < 1.29 is 13.9 Å². The molecule has 2 N–H and O–H groups in total. The number of aromatic amines is 2. The zero-order chi connectivity index (χ0) is 19.8. The van der Waals surface area contributed by atoms with Crippen LogP contribution in [0.5, 0.6) is 0 Å². The van der Waals surface area contributed by atoms with Crippen molar-refractivity contribution in [1.29, 1.82) is 0 Å². The molecule has 1 aliphatic rings. The maximum Gasteiger partial charge on any atom is 0.256 e. The fraction of sp³-hybridized carbons (Fsp3) is 0.190. The first-order chi connectivity index (χ1) is 14.2. The highest BCUT2D eigenvalue weighted by Gasteiger charge is 2.32. The van der Waals surface area contributed by atoms with E-state index >= 15 is 0 Å². The number of hydrogen-bond donors (Lipinski definition) is 2. The van der Waals surface area contributed by atoms with Gasteiger partial charge in [-0.2, -0.15) is 5.10 Å². The number of nitrogens with zero attached hydrogens (tertiary/aromatic N) is 3. The molecule has 8 heteroatoms. The van der Waals surface area contributed by atoms with Gasteiger partial charge in [0.2, 0.25) is 0 Å². The smallest absolute Gasteiger partial charge is 0.256 e. The summed E-state index contributed by atoms with van der Waals surface area (Å²) >= 11 is 0. The van der Waals surface area contributed by atoms with Crippen molar-refractivity contribution in [3.63, 3.8) is 0 Å².